The van der Waals surface area contributed by atoms with Crippen molar-refractivity contribution in [3.63, 3.8) is 0 Å². The number of thiol groups is 2. The van der Waals surface area contributed by atoms with Crippen molar-refractivity contribution in [3.8, 4) is 0 Å². The first-order valence-electron chi connectivity index (χ1n) is 15.5. The van der Waals surface area contributed by atoms with Gasteiger partial charge in [-0.1, -0.05) is 6.92 Å². The van der Waals surface area contributed by atoms with Crippen LogP contribution in [0.25, 0.3) is 6.08 Å². The van der Waals surface area contributed by atoms with Crippen molar-refractivity contribution < 1.29 is 34.5 Å². The van der Waals surface area contributed by atoms with Crippen LogP contribution in [0.3, 0.4) is 0 Å². The average Bonchev–Trinajstić information content (AvgIpc) is 3.65. The van der Waals surface area contributed by atoms with Crippen LogP contribution in [0, 0.1) is 18.8 Å². The van der Waals surface area contributed by atoms with Gasteiger partial charge in [0.25, 0.3) is 5.91 Å². The second-order valence-electron chi connectivity index (χ2n) is 12.4. The molecule has 46 heavy (non-hydrogen) atoms. The summed E-state index contributed by atoms with van der Waals surface area (Å²) in [5.41, 5.74) is 6.48. The Kier molecular flexibility index (Phi) is 11.5. The number of amides is 2. The molecule has 0 aliphatic carbocycles. The smallest absolute Gasteiger partial charge is 0.303 e. The molecule has 0 radical (unpaired) electrons. The molecule has 11 nitrogen and oxygen atoms in total. The molecule has 0 bridgehead atoms. The first-order chi connectivity index (χ1) is 21.8. The highest BCUT2D eigenvalue weighted by molar-refractivity contribution is 7.83. The number of H-pyrrole nitrogens is 1. The Balaban J connectivity index is 1.72. The van der Waals surface area contributed by atoms with Crippen LogP contribution < -0.4 is 16.0 Å². The summed E-state index contributed by atoms with van der Waals surface area (Å²) >= 11 is 8.47. The van der Waals surface area contributed by atoms with Crippen molar-refractivity contribution in [3.05, 3.63) is 62.0 Å². The van der Waals surface area contributed by atoms with E-state index in [0.29, 0.717) is 46.8 Å². The molecule has 2 unspecified atom stereocenters. The fraction of sp³-hybridized carbons (Fsp3) is 0.515. The fourth-order valence-electron chi connectivity index (χ4n) is 6.97. The van der Waals surface area contributed by atoms with Gasteiger partial charge < -0.3 is 36.3 Å². The van der Waals surface area contributed by atoms with E-state index in [0.717, 1.165) is 22.3 Å². The van der Waals surface area contributed by atoms with E-state index in [4.69, 9.17) is 0 Å². The number of hydrogen-bond acceptors (Lipinski definition) is 8. The van der Waals surface area contributed by atoms with Crippen LogP contribution in [-0.2, 0) is 25.6 Å². The molecule has 3 aliphatic heterocycles. The molecule has 0 aromatic carbocycles. The van der Waals surface area contributed by atoms with E-state index in [2.05, 4.69) is 46.2 Å². The molecule has 250 valence electrons. The van der Waals surface area contributed by atoms with Crippen molar-refractivity contribution in [2.75, 3.05) is 5.75 Å². The molecule has 1 aromatic heterocycles. The Labute approximate surface area is 279 Å². The molecule has 6 atom stereocenters. The average molecular weight is 673 g/mol. The molecule has 13 heteroatoms. The predicted octanol–water partition coefficient (Wildman–Crippen LogP) is 3.59. The van der Waals surface area contributed by atoms with Crippen LogP contribution in [0.5, 0.6) is 0 Å². The summed E-state index contributed by atoms with van der Waals surface area (Å²) < 4.78 is 0. The molecule has 0 spiro atoms. The molecular weight excluding hydrogens is 629 g/mol. The van der Waals surface area contributed by atoms with Gasteiger partial charge in [-0.2, -0.15) is 25.3 Å². The number of carbonyl (C=O) groups is 4. The number of aliphatic hydroxyl groups is 1. The number of hydrogen-bond donors (Lipinski definition) is 9. The van der Waals surface area contributed by atoms with E-state index in [1.807, 2.05) is 33.8 Å². The third kappa shape index (κ3) is 7.42. The van der Waals surface area contributed by atoms with Crippen molar-refractivity contribution in [2.24, 2.45) is 11.8 Å². The molecule has 4 heterocycles. The van der Waals surface area contributed by atoms with Gasteiger partial charge in [-0.25, -0.2) is 0 Å². The Hall–Kier alpha value is -3.42. The van der Waals surface area contributed by atoms with Gasteiger partial charge in [0.05, 0.1) is 12.1 Å². The van der Waals surface area contributed by atoms with Gasteiger partial charge in [0.15, 0.2) is 0 Å². The number of carbonyl (C=O) groups excluding carboxylic acids is 2. The lowest BCUT2D eigenvalue weighted by Gasteiger charge is -2.25. The maximum absolute atomic E-state index is 12.6. The molecule has 1 fully saturated rings. The van der Waals surface area contributed by atoms with E-state index in [1.165, 1.54) is 5.41 Å². The molecule has 2 amide bonds. The zero-order valence-corrected chi connectivity index (χ0v) is 28.3. The third-order valence-corrected chi connectivity index (χ3v) is 10.1. The van der Waals surface area contributed by atoms with E-state index < -0.39 is 24.1 Å². The van der Waals surface area contributed by atoms with E-state index in [1.54, 1.807) is 6.08 Å². The second kappa shape index (κ2) is 15.0. The Morgan fingerprint density at radius 3 is 2.26 bits per heavy atom. The number of nitrogens with one attached hydrogen (secondary N) is 4. The third-order valence-electron chi connectivity index (χ3n) is 9.71. The van der Waals surface area contributed by atoms with Gasteiger partial charge in [0.2, 0.25) is 5.91 Å². The molecule has 7 N–H and O–H groups in total. The number of aromatic nitrogens is 1. The van der Waals surface area contributed by atoms with Gasteiger partial charge in [0, 0.05) is 47.5 Å². The number of allylic oxidation sites excluding steroid dienone is 1. The lowest BCUT2D eigenvalue weighted by molar-refractivity contribution is -0.138. The van der Waals surface area contributed by atoms with Gasteiger partial charge in [-0.3, -0.25) is 19.2 Å². The Bertz CT molecular complexity index is 1530. The van der Waals surface area contributed by atoms with Crippen LogP contribution in [0.1, 0.15) is 81.5 Å². The van der Waals surface area contributed by atoms with Crippen LogP contribution in [-0.4, -0.2) is 67.9 Å². The number of aliphatic hydroxyl groups excluding tert-OH is 1. The van der Waals surface area contributed by atoms with Gasteiger partial charge in [-0.05, 0) is 104 Å². The van der Waals surface area contributed by atoms with E-state index >= 15 is 0 Å². The first-order valence-corrected chi connectivity index (χ1v) is 16.7. The van der Waals surface area contributed by atoms with Gasteiger partial charge in [0.1, 0.15) is 6.10 Å². The second-order valence-corrected chi connectivity index (χ2v) is 13.1. The molecule has 1 aromatic rings. The molecule has 3 aliphatic rings. The van der Waals surface area contributed by atoms with Crippen LogP contribution in [0.2, 0.25) is 0 Å². The standard InChI is InChI=1S/C33H44N4O7S2/c1-15-19(5-7-27(38)39)25(34-23(15)13-24-16(2)22(10-12-46)33(44)36-24)14-26-20(6-8-28(40)41)17(3)29(35-26)31(42)30-21(9-11-45)18(4)32(43)37-30/h10,12,14,18,21,23-24,30-31,34-35,42,45-46H,5-9,11,13H2,1-4H3,(H,36,44)(H,37,43)(H,38,39)(H,40,41)/b12-10-,25-14-/t18-,21-,23?,24-,30?,31+/m1/s1. The minimum atomic E-state index is -1.07. The summed E-state index contributed by atoms with van der Waals surface area (Å²) in [7, 11) is 0. The molecule has 4 rings (SSSR count). The van der Waals surface area contributed by atoms with Crippen molar-refractivity contribution in [2.45, 2.75) is 90.4 Å². The monoisotopic (exact) mass is 672 g/mol. The van der Waals surface area contributed by atoms with Crippen molar-refractivity contribution in [1.82, 2.24) is 20.9 Å². The number of aliphatic carboxylic acids is 2. The van der Waals surface area contributed by atoms with E-state index in [-0.39, 0.29) is 61.4 Å². The summed E-state index contributed by atoms with van der Waals surface area (Å²) in [6.45, 7) is 7.52. The lowest BCUT2D eigenvalue weighted by atomic mass is 9.85. The Morgan fingerprint density at radius 2 is 1.63 bits per heavy atom. The highest BCUT2D eigenvalue weighted by Crippen LogP contribution is 2.38. The lowest BCUT2D eigenvalue weighted by Crippen LogP contribution is -2.36. The quantitative estimate of drug-likeness (QED) is 0.135. The first kappa shape index (κ1) is 35.4. The normalized spacial score (nSPS) is 26.3. The molecule has 1 saturated heterocycles. The molecular formula is C33H44N4O7S2. The number of rotatable bonds is 14. The predicted molar refractivity (Wildman–Crippen MR) is 181 cm³/mol. The summed E-state index contributed by atoms with van der Waals surface area (Å²) in [6.07, 6.45) is 3.89. The van der Waals surface area contributed by atoms with Crippen molar-refractivity contribution >= 4 is 55.1 Å². The SMILES string of the molecule is CC1=C(CCC(=O)O)/C(=C/c2[nH]c([C@H](O)C3NC(=O)[C@H](C)[C@H]3CCS)c(C)c2CCC(=O)O)NC1C[C@H]1NC(=O)C(/C=C\S)=C1C. The van der Waals surface area contributed by atoms with Crippen molar-refractivity contribution in [1.29, 1.82) is 0 Å². The van der Waals surface area contributed by atoms with Crippen LogP contribution in [0.4, 0.5) is 0 Å². The fourth-order valence-corrected chi connectivity index (χ4v) is 7.42. The minimum absolute atomic E-state index is 0.0833. The van der Waals surface area contributed by atoms with Crippen LogP contribution in [0.15, 0.2) is 39.5 Å². The number of carboxylic acids is 2. The zero-order chi connectivity index (χ0) is 33.9. The highest BCUT2D eigenvalue weighted by Gasteiger charge is 2.44. The zero-order valence-electron chi connectivity index (χ0n) is 26.5. The maximum atomic E-state index is 12.6. The topological polar surface area (TPSA) is 181 Å². The summed E-state index contributed by atoms with van der Waals surface area (Å²) in [5.74, 6) is -2.05. The summed E-state index contributed by atoms with van der Waals surface area (Å²) in [5, 5.41) is 41.6. The Morgan fingerprint density at radius 1 is 0.978 bits per heavy atom. The maximum Gasteiger partial charge on any atom is 0.303 e. The largest absolute Gasteiger partial charge is 0.481 e. The van der Waals surface area contributed by atoms with Gasteiger partial charge >= 0.3 is 11.9 Å². The van der Waals surface area contributed by atoms with E-state index in [9.17, 15) is 34.5 Å². The minimum Gasteiger partial charge on any atom is -0.481 e. The highest BCUT2D eigenvalue weighted by atomic mass is 32.1. The number of aromatic amines is 1. The summed E-state index contributed by atoms with van der Waals surface area (Å²) in [4.78, 5) is 51.6. The number of carboxylic acid groups (broad SMARTS) is 2. The molecule has 0 saturated carbocycles. The van der Waals surface area contributed by atoms with Gasteiger partial charge in [-0.15, -0.1) is 0 Å². The summed E-state index contributed by atoms with van der Waals surface area (Å²) in [6, 6.07) is -0.966. The van der Waals surface area contributed by atoms with Crippen LogP contribution >= 0.6 is 25.3 Å².